The first-order valence-corrected chi connectivity index (χ1v) is 10.0. The number of nitrogens with zero attached hydrogens (tertiary/aromatic N) is 1. The maximum absolute atomic E-state index is 12.5. The highest BCUT2D eigenvalue weighted by Gasteiger charge is 2.48. The summed E-state index contributed by atoms with van der Waals surface area (Å²) in [5.74, 6) is 1.86. The van der Waals surface area contributed by atoms with Crippen molar-refractivity contribution in [1.29, 1.82) is 0 Å². The van der Waals surface area contributed by atoms with Crippen molar-refractivity contribution in [3.63, 3.8) is 0 Å². The van der Waals surface area contributed by atoms with Gasteiger partial charge in [0.15, 0.2) is 0 Å². The molecule has 150 valence electrons. The summed E-state index contributed by atoms with van der Waals surface area (Å²) in [5.41, 5.74) is 2.85. The van der Waals surface area contributed by atoms with Crippen LogP contribution in [0.3, 0.4) is 0 Å². The Morgan fingerprint density at radius 3 is 2.32 bits per heavy atom. The molecule has 28 heavy (non-hydrogen) atoms. The van der Waals surface area contributed by atoms with E-state index in [9.17, 15) is 19.8 Å². The molecular weight excluding hydrogens is 358 g/mol. The van der Waals surface area contributed by atoms with Gasteiger partial charge in [0.2, 0.25) is 5.91 Å². The smallest absolute Gasteiger partial charge is 0.275 e. The number of phenolic OH excluding ortho intramolecular Hbond substituents is 2. The van der Waals surface area contributed by atoms with E-state index in [-0.39, 0.29) is 35.4 Å². The summed E-state index contributed by atoms with van der Waals surface area (Å²) in [4.78, 5) is 24.6. The lowest BCUT2D eigenvalue weighted by Crippen LogP contribution is -2.56. The summed E-state index contributed by atoms with van der Waals surface area (Å²) in [6.07, 6.45) is 6.50. The van der Waals surface area contributed by atoms with Crippen LogP contribution in [0.15, 0.2) is 23.3 Å². The number of nitrogens with one attached hydrogen (secondary N) is 2. The largest absolute Gasteiger partial charge is 0.508 e. The van der Waals surface area contributed by atoms with Gasteiger partial charge in [-0.25, -0.2) is 5.43 Å². The van der Waals surface area contributed by atoms with Crippen molar-refractivity contribution < 1.29 is 19.8 Å². The molecule has 1 aromatic rings. The van der Waals surface area contributed by atoms with Gasteiger partial charge in [-0.2, -0.15) is 5.10 Å². The average Bonchev–Trinajstić information content (AvgIpc) is 2.62. The molecule has 4 N–H and O–H groups in total. The van der Waals surface area contributed by atoms with Crippen LogP contribution in [0, 0.1) is 23.7 Å². The summed E-state index contributed by atoms with van der Waals surface area (Å²) in [6.45, 7) is 1.69. The van der Waals surface area contributed by atoms with Gasteiger partial charge < -0.3 is 15.5 Å². The molecule has 7 nitrogen and oxygen atoms in total. The molecule has 7 heteroatoms. The molecule has 0 aliphatic heterocycles. The molecular formula is C21H27N3O4. The fourth-order valence-corrected chi connectivity index (χ4v) is 5.59. The molecule has 0 atom stereocenters. The molecule has 2 amide bonds. The number of hydrogen-bond acceptors (Lipinski definition) is 5. The van der Waals surface area contributed by atoms with Crippen LogP contribution in [0.5, 0.6) is 11.5 Å². The number of amides is 2. The third kappa shape index (κ3) is 3.84. The summed E-state index contributed by atoms with van der Waals surface area (Å²) in [5, 5.41) is 26.2. The van der Waals surface area contributed by atoms with Crippen molar-refractivity contribution >= 4 is 17.5 Å². The lowest BCUT2D eigenvalue weighted by atomic mass is 9.54. The first-order chi connectivity index (χ1) is 13.4. The maximum Gasteiger partial charge on any atom is 0.275 e. The molecule has 4 saturated carbocycles. The third-order valence-electron chi connectivity index (χ3n) is 6.55. The average molecular weight is 385 g/mol. The second-order valence-electron chi connectivity index (χ2n) is 8.69. The lowest BCUT2D eigenvalue weighted by Gasteiger charge is -2.54. The van der Waals surface area contributed by atoms with E-state index >= 15 is 0 Å². The van der Waals surface area contributed by atoms with Crippen LogP contribution in [0.25, 0.3) is 0 Å². The first kappa shape index (κ1) is 18.8. The van der Waals surface area contributed by atoms with Gasteiger partial charge in [-0.3, -0.25) is 9.59 Å². The van der Waals surface area contributed by atoms with Crippen LogP contribution < -0.4 is 10.7 Å². The SMILES string of the molecule is CC(CC(=O)NC1C2CC3CC(C2)CC1C3)=NNC(=O)c1ccc(O)cc1O. The van der Waals surface area contributed by atoms with Crippen LogP contribution in [0.1, 0.15) is 55.8 Å². The van der Waals surface area contributed by atoms with Crippen molar-refractivity contribution in [1.82, 2.24) is 10.7 Å². The van der Waals surface area contributed by atoms with Crippen LogP contribution in [0.4, 0.5) is 0 Å². The number of rotatable bonds is 5. The third-order valence-corrected chi connectivity index (χ3v) is 6.55. The minimum Gasteiger partial charge on any atom is -0.508 e. The number of carbonyl (C=O) groups excluding carboxylic acids is 2. The number of aromatic hydroxyl groups is 2. The molecule has 0 spiro atoms. The van der Waals surface area contributed by atoms with Gasteiger partial charge in [0.1, 0.15) is 11.5 Å². The van der Waals surface area contributed by atoms with Gasteiger partial charge in [-0.1, -0.05) is 0 Å². The Morgan fingerprint density at radius 1 is 1.07 bits per heavy atom. The highest BCUT2D eigenvalue weighted by Crippen LogP contribution is 2.53. The molecule has 0 saturated heterocycles. The van der Waals surface area contributed by atoms with Gasteiger partial charge in [0.25, 0.3) is 5.91 Å². The van der Waals surface area contributed by atoms with E-state index in [4.69, 9.17) is 0 Å². The highest BCUT2D eigenvalue weighted by atomic mass is 16.3. The Bertz CT molecular complexity index is 792. The van der Waals surface area contributed by atoms with Crippen molar-refractivity contribution in [2.24, 2.45) is 28.8 Å². The van der Waals surface area contributed by atoms with E-state index < -0.39 is 5.91 Å². The minimum atomic E-state index is -0.599. The van der Waals surface area contributed by atoms with E-state index in [0.717, 1.165) is 17.9 Å². The van der Waals surface area contributed by atoms with Gasteiger partial charge >= 0.3 is 0 Å². The van der Waals surface area contributed by atoms with Gasteiger partial charge in [-0.05, 0) is 74.8 Å². The fourth-order valence-electron chi connectivity index (χ4n) is 5.59. The van der Waals surface area contributed by atoms with Crippen molar-refractivity contribution in [2.75, 3.05) is 0 Å². The highest BCUT2D eigenvalue weighted by molar-refractivity contribution is 6.01. The van der Waals surface area contributed by atoms with Crippen molar-refractivity contribution in [2.45, 2.75) is 51.5 Å². The van der Waals surface area contributed by atoms with Gasteiger partial charge in [0.05, 0.1) is 12.0 Å². The number of benzene rings is 1. The van der Waals surface area contributed by atoms with Crippen LogP contribution in [-0.2, 0) is 4.79 Å². The first-order valence-electron chi connectivity index (χ1n) is 10.0. The number of hydrogen-bond donors (Lipinski definition) is 4. The minimum absolute atomic E-state index is 0.00685. The van der Waals surface area contributed by atoms with Crippen molar-refractivity contribution in [3.05, 3.63) is 23.8 Å². The Labute approximate surface area is 164 Å². The Kier molecular flexibility index (Phi) is 5.00. The molecule has 4 aliphatic rings. The van der Waals surface area contributed by atoms with Crippen LogP contribution in [0.2, 0.25) is 0 Å². The Morgan fingerprint density at radius 2 is 1.71 bits per heavy atom. The second-order valence-corrected chi connectivity index (χ2v) is 8.69. The summed E-state index contributed by atoms with van der Waals surface area (Å²) in [6, 6.07) is 3.99. The molecule has 4 fully saturated rings. The van der Waals surface area contributed by atoms with E-state index in [1.54, 1.807) is 6.92 Å². The molecule has 5 rings (SSSR count). The normalized spacial score (nSPS) is 30.9. The summed E-state index contributed by atoms with van der Waals surface area (Å²) in [7, 11) is 0. The zero-order valence-corrected chi connectivity index (χ0v) is 16.0. The van der Waals surface area contributed by atoms with Crippen molar-refractivity contribution in [3.8, 4) is 11.5 Å². The number of carbonyl (C=O) groups is 2. The monoisotopic (exact) mass is 385 g/mol. The standard InChI is InChI=1S/C21H27N3O4/c1-11(23-24-21(28)17-3-2-16(25)10-18(17)26)4-19(27)22-20-14-6-12-5-13(8-14)9-15(20)7-12/h2-3,10,12-15,20,25-26H,4-9H2,1H3,(H,22,27)(H,24,28). The zero-order valence-electron chi connectivity index (χ0n) is 16.0. The molecule has 1 aromatic carbocycles. The Hall–Kier alpha value is -2.57. The maximum atomic E-state index is 12.5. The van der Waals surface area contributed by atoms with Gasteiger partial charge in [-0.15, -0.1) is 0 Å². The molecule has 0 unspecified atom stereocenters. The fraction of sp³-hybridized carbons (Fsp3) is 0.571. The van der Waals surface area contributed by atoms with Crippen LogP contribution >= 0.6 is 0 Å². The van der Waals surface area contributed by atoms with E-state index in [1.807, 2.05) is 0 Å². The molecule has 0 aromatic heterocycles. The lowest BCUT2D eigenvalue weighted by molar-refractivity contribution is -0.123. The topological polar surface area (TPSA) is 111 Å². The molecule has 4 bridgehead atoms. The predicted octanol–water partition coefficient (Wildman–Crippen LogP) is 2.53. The summed E-state index contributed by atoms with van der Waals surface area (Å²) < 4.78 is 0. The quantitative estimate of drug-likeness (QED) is 0.461. The molecule has 4 aliphatic carbocycles. The van der Waals surface area contributed by atoms with E-state index in [1.165, 1.54) is 44.2 Å². The number of hydrazone groups is 1. The van der Waals surface area contributed by atoms with E-state index in [2.05, 4.69) is 15.8 Å². The molecule has 0 heterocycles. The second kappa shape index (κ2) is 7.45. The zero-order chi connectivity index (χ0) is 19.8. The number of phenols is 2. The van der Waals surface area contributed by atoms with Crippen LogP contribution in [-0.4, -0.2) is 33.8 Å². The van der Waals surface area contributed by atoms with Gasteiger partial charge in [0, 0.05) is 17.8 Å². The Balaban J connectivity index is 1.30. The van der Waals surface area contributed by atoms with E-state index in [0.29, 0.717) is 17.5 Å². The molecule has 0 radical (unpaired) electrons. The predicted molar refractivity (Wildman–Crippen MR) is 104 cm³/mol. The summed E-state index contributed by atoms with van der Waals surface area (Å²) >= 11 is 0.